The molecule has 0 aliphatic heterocycles. The van der Waals surface area contributed by atoms with Gasteiger partial charge in [0.15, 0.2) is 5.69 Å². The third kappa shape index (κ3) is 4.85. The molecule has 0 spiro atoms. The number of anilines is 1. The van der Waals surface area contributed by atoms with Gasteiger partial charge in [-0.15, -0.1) is 5.10 Å². The van der Waals surface area contributed by atoms with E-state index in [2.05, 4.69) is 19.9 Å². The number of rotatable bonds is 6. The molecule has 1 aromatic carbocycles. The number of hydrogen-bond donors (Lipinski definition) is 1. The van der Waals surface area contributed by atoms with E-state index in [1.165, 1.54) is 11.3 Å². The molecule has 1 fully saturated rings. The van der Waals surface area contributed by atoms with Gasteiger partial charge in [0.1, 0.15) is 6.04 Å². The van der Waals surface area contributed by atoms with Gasteiger partial charge in [0.05, 0.1) is 0 Å². The highest BCUT2D eigenvalue weighted by atomic mass is 32.1. The van der Waals surface area contributed by atoms with Crippen molar-refractivity contribution in [3.05, 3.63) is 70.5 Å². The molecule has 2 heterocycles. The fraction of sp³-hybridized carbons (Fsp3) is 0.375. The van der Waals surface area contributed by atoms with Gasteiger partial charge in [0, 0.05) is 35.1 Å². The highest BCUT2D eigenvalue weighted by Crippen LogP contribution is 2.31. The van der Waals surface area contributed by atoms with Gasteiger partial charge in [-0.05, 0) is 67.5 Å². The summed E-state index contributed by atoms with van der Waals surface area (Å²) in [6.45, 7) is 4.01. The summed E-state index contributed by atoms with van der Waals surface area (Å²) >= 11 is 1.11. The Kier molecular flexibility index (Phi) is 6.90. The molecule has 1 unspecified atom stereocenters. The second-order valence-corrected chi connectivity index (χ2v) is 8.88. The predicted octanol–water partition coefficient (Wildman–Crippen LogP) is 4.39. The molecule has 7 nitrogen and oxygen atoms in total. The summed E-state index contributed by atoms with van der Waals surface area (Å²) in [4.78, 5) is 33.1. The maximum Gasteiger partial charge on any atom is 0.280 e. The first kappa shape index (κ1) is 22.1. The van der Waals surface area contributed by atoms with Crippen LogP contribution in [-0.4, -0.2) is 32.4 Å². The second-order valence-electron chi connectivity index (χ2n) is 8.27. The minimum absolute atomic E-state index is 0.119. The van der Waals surface area contributed by atoms with E-state index >= 15 is 0 Å². The molecule has 166 valence electrons. The summed E-state index contributed by atoms with van der Waals surface area (Å²) in [5.74, 6) is -0.575. The number of pyridine rings is 1. The van der Waals surface area contributed by atoms with Gasteiger partial charge in [0.25, 0.3) is 5.91 Å². The van der Waals surface area contributed by atoms with Crippen molar-refractivity contribution in [3.8, 4) is 0 Å². The molecular weight excluding hydrogens is 422 g/mol. The largest absolute Gasteiger partial charge is 0.351 e. The topological polar surface area (TPSA) is 88.1 Å². The van der Waals surface area contributed by atoms with Crippen molar-refractivity contribution in [2.45, 2.75) is 58.0 Å². The van der Waals surface area contributed by atoms with E-state index in [1.54, 1.807) is 23.8 Å². The Balaban J connectivity index is 1.79. The number of nitrogens with one attached hydrogen (secondary N) is 1. The van der Waals surface area contributed by atoms with Gasteiger partial charge in [-0.25, -0.2) is 0 Å². The molecule has 3 aromatic rings. The monoisotopic (exact) mass is 449 g/mol. The first-order valence-corrected chi connectivity index (χ1v) is 11.8. The quantitative estimate of drug-likeness (QED) is 0.603. The van der Waals surface area contributed by atoms with E-state index < -0.39 is 6.04 Å². The van der Waals surface area contributed by atoms with Crippen LogP contribution in [0.3, 0.4) is 0 Å². The van der Waals surface area contributed by atoms with Crippen LogP contribution < -0.4 is 10.2 Å². The van der Waals surface area contributed by atoms with Gasteiger partial charge in [0.2, 0.25) is 5.91 Å². The fourth-order valence-electron chi connectivity index (χ4n) is 4.12. The maximum absolute atomic E-state index is 13.7. The molecule has 1 aliphatic carbocycles. The van der Waals surface area contributed by atoms with Crippen molar-refractivity contribution in [3.63, 3.8) is 0 Å². The number of amides is 2. The van der Waals surface area contributed by atoms with Crippen molar-refractivity contribution in [1.29, 1.82) is 0 Å². The number of aromatic nitrogens is 3. The third-order valence-electron chi connectivity index (χ3n) is 6.02. The van der Waals surface area contributed by atoms with Gasteiger partial charge in [-0.2, -0.15) is 0 Å². The summed E-state index contributed by atoms with van der Waals surface area (Å²) in [5.41, 5.74) is 3.65. The molecule has 0 saturated heterocycles. The molecule has 8 heteroatoms. The molecule has 1 saturated carbocycles. The zero-order valence-corrected chi connectivity index (χ0v) is 19.1. The van der Waals surface area contributed by atoms with Crippen LogP contribution in [0.1, 0.15) is 65.3 Å². The number of carbonyl (C=O) groups is 2. The lowest BCUT2D eigenvalue weighted by Gasteiger charge is -2.33. The van der Waals surface area contributed by atoms with E-state index in [-0.39, 0.29) is 23.6 Å². The molecule has 1 atom stereocenters. The smallest absolute Gasteiger partial charge is 0.280 e. The van der Waals surface area contributed by atoms with Crippen LogP contribution in [0.25, 0.3) is 0 Å². The van der Waals surface area contributed by atoms with E-state index in [4.69, 9.17) is 0 Å². The van der Waals surface area contributed by atoms with E-state index in [9.17, 15) is 9.59 Å². The summed E-state index contributed by atoms with van der Waals surface area (Å²) in [6, 6.07) is 8.63. The Bertz CT molecular complexity index is 1070. The summed E-state index contributed by atoms with van der Waals surface area (Å²) in [6.07, 6.45) is 8.62. The van der Waals surface area contributed by atoms with Crippen molar-refractivity contribution < 1.29 is 9.59 Å². The number of carbonyl (C=O) groups excluding carboxylic acids is 2. The number of hydrogen-bond acceptors (Lipinski definition) is 6. The Morgan fingerprint density at radius 3 is 2.59 bits per heavy atom. The van der Waals surface area contributed by atoms with Crippen LogP contribution in [-0.2, 0) is 4.79 Å². The number of nitrogens with zero attached hydrogens (tertiary/aromatic N) is 4. The zero-order chi connectivity index (χ0) is 22.5. The Morgan fingerprint density at radius 2 is 1.94 bits per heavy atom. The Hall–Kier alpha value is -3.13. The SMILES string of the molecule is Cc1ccc(N(C(=O)c2csnn2)C(C(=O)NC2CCCCC2)c2cccnc2)cc1C. The predicted molar refractivity (Wildman–Crippen MR) is 125 cm³/mol. The van der Waals surface area contributed by atoms with Crippen LogP contribution in [0, 0.1) is 13.8 Å². The summed E-state index contributed by atoms with van der Waals surface area (Å²) in [7, 11) is 0. The summed E-state index contributed by atoms with van der Waals surface area (Å²) in [5, 5.41) is 8.79. The average Bonchev–Trinajstić information content (AvgIpc) is 3.35. The van der Waals surface area contributed by atoms with Crippen molar-refractivity contribution >= 4 is 29.0 Å². The van der Waals surface area contributed by atoms with Crippen molar-refractivity contribution in [1.82, 2.24) is 19.9 Å². The zero-order valence-electron chi connectivity index (χ0n) is 18.3. The van der Waals surface area contributed by atoms with Gasteiger partial charge in [-0.1, -0.05) is 35.9 Å². The maximum atomic E-state index is 13.7. The highest BCUT2D eigenvalue weighted by molar-refractivity contribution is 7.03. The molecular formula is C24H27N5O2S. The van der Waals surface area contributed by atoms with Crippen LogP contribution >= 0.6 is 11.5 Å². The molecule has 1 N–H and O–H groups in total. The lowest BCUT2D eigenvalue weighted by Crippen LogP contribution is -2.47. The highest BCUT2D eigenvalue weighted by Gasteiger charge is 2.35. The standard InChI is InChI=1S/C24H27N5O2S/c1-16-10-11-20(13-17(16)2)29(24(31)21-15-32-28-27-21)22(18-7-6-12-25-14-18)23(30)26-19-8-4-3-5-9-19/h6-7,10-15,19,22H,3-5,8-9H2,1-2H3,(H,26,30). The minimum Gasteiger partial charge on any atom is -0.351 e. The van der Waals surface area contributed by atoms with Gasteiger partial charge < -0.3 is 5.32 Å². The third-order valence-corrected chi connectivity index (χ3v) is 6.53. The molecule has 1 aliphatic rings. The Labute approximate surface area is 192 Å². The van der Waals surface area contributed by atoms with E-state index in [0.717, 1.165) is 48.3 Å². The summed E-state index contributed by atoms with van der Waals surface area (Å²) < 4.78 is 3.85. The second kappa shape index (κ2) is 9.99. The normalized spacial score (nSPS) is 15.2. The molecule has 32 heavy (non-hydrogen) atoms. The first-order chi connectivity index (χ1) is 15.5. The average molecular weight is 450 g/mol. The van der Waals surface area contributed by atoms with Crippen LogP contribution in [0.4, 0.5) is 5.69 Å². The van der Waals surface area contributed by atoms with E-state index in [0.29, 0.717) is 11.3 Å². The van der Waals surface area contributed by atoms with Crippen LogP contribution in [0.15, 0.2) is 48.1 Å². The number of aryl methyl sites for hydroxylation is 2. The molecule has 4 rings (SSSR count). The van der Waals surface area contributed by atoms with Crippen LogP contribution in [0.5, 0.6) is 0 Å². The molecule has 0 radical (unpaired) electrons. The molecule has 2 aromatic heterocycles. The first-order valence-electron chi connectivity index (χ1n) is 10.9. The Morgan fingerprint density at radius 1 is 1.12 bits per heavy atom. The van der Waals surface area contributed by atoms with E-state index in [1.807, 2.05) is 38.1 Å². The lowest BCUT2D eigenvalue weighted by molar-refractivity contribution is -0.123. The van der Waals surface area contributed by atoms with Gasteiger partial charge >= 0.3 is 0 Å². The van der Waals surface area contributed by atoms with Crippen molar-refractivity contribution in [2.75, 3.05) is 4.90 Å². The van der Waals surface area contributed by atoms with Crippen molar-refractivity contribution in [2.24, 2.45) is 0 Å². The minimum atomic E-state index is -0.873. The molecule has 0 bridgehead atoms. The number of benzene rings is 1. The van der Waals surface area contributed by atoms with Crippen LogP contribution in [0.2, 0.25) is 0 Å². The molecule has 2 amide bonds. The fourth-order valence-corrected chi connectivity index (χ4v) is 4.55. The van der Waals surface area contributed by atoms with Gasteiger partial charge in [-0.3, -0.25) is 19.5 Å². The lowest BCUT2D eigenvalue weighted by atomic mass is 9.94.